The minimum atomic E-state index is -0.0982. The molecule has 0 aliphatic rings. The molecule has 0 saturated heterocycles. The van der Waals surface area contributed by atoms with E-state index in [1.54, 1.807) is 0 Å². The fourth-order valence-electron chi connectivity index (χ4n) is 3.51. The Bertz CT molecular complexity index is 356. The Morgan fingerprint density at radius 2 is 1.24 bits per heavy atom. The van der Waals surface area contributed by atoms with Gasteiger partial charge in [0.25, 0.3) is 0 Å². The highest BCUT2D eigenvalue weighted by atomic mass is 32.2. The normalized spacial score (nSPS) is 13.4. The van der Waals surface area contributed by atoms with Gasteiger partial charge in [-0.25, -0.2) is 0 Å². The van der Waals surface area contributed by atoms with Crippen LogP contribution in [0.2, 0.25) is 0 Å². The second-order valence-electron chi connectivity index (χ2n) is 7.74. The lowest BCUT2D eigenvalue weighted by atomic mass is 10.0. The fourth-order valence-corrected chi connectivity index (χ4v) is 5.65. The molecule has 0 aliphatic heterocycles. The monoisotopic (exact) mass is 450 g/mol. The van der Waals surface area contributed by atoms with Crippen molar-refractivity contribution in [3.05, 3.63) is 0 Å². The number of rotatable bonds is 22. The van der Waals surface area contributed by atoms with Crippen LogP contribution in [0.5, 0.6) is 0 Å². The third-order valence-electron chi connectivity index (χ3n) is 5.21. The topological polar surface area (TPSA) is 66.8 Å². The molecule has 2 N–H and O–H groups in total. The first-order chi connectivity index (χ1) is 14.2. The van der Waals surface area contributed by atoms with Gasteiger partial charge in [-0.1, -0.05) is 58.3 Å². The second-order valence-corrected chi connectivity index (χ2v) is 10.6. The van der Waals surface area contributed by atoms with Crippen LogP contribution in [-0.4, -0.2) is 58.5 Å². The van der Waals surface area contributed by atoms with Crippen LogP contribution in [-0.2, 0) is 9.53 Å². The molecule has 0 aromatic carbocycles. The average molecular weight is 451 g/mol. The van der Waals surface area contributed by atoms with E-state index in [9.17, 15) is 9.90 Å². The summed E-state index contributed by atoms with van der Waals surface area (Å²) in [6.45, 7) is 2.79. The van der Waals surface area contributed by atoms with Crippen LogP contribution in [0.15, 0.2) is 0 Å². The fraction of sp³-hybridized carbons (Fsp3) is 0.957. The Kier molecular flexibility index (Phi) is 22.8. The highest BCUT2D eigenvalue weighted by Gasteiger charge is 2.14. The van der Waals surface area contributed by atoms with E-state index >= 15 is 0 Å². The molecule has 0 aliphatic carbocycles. The van der Waals surface area contributed by atoms with Crippen LogP contribution in [0.25, 0.3) is 0 Å². The van der Waals surface area contributed by atoms with Crippen LogP contribution >= 0.6 is 23.5 Å². The predicted octanol–water partition coefficient (Wildman–Crippen LogP) is 5.83. The van der Waals surface area contributed by atoms with E-state index in [1.807, 2.05) is 23.5 Å². The summed E-state index contributed by atoms with van der Waals surface area (Å²) < 4.78 is 4.67. The first kappa shape index (κ1) is 29.1. The first-order valence-electron chi connectivity index (χ1n) is 11.7. The molecule has 0 aromatic rings. The maximum absolute atomic E-state index is 11.1. The van der Waals surface area contributed by atoms with E-state index < -0.39 is 0 Å². The van der Waals surface area contributed by atoms with E-state index in [-0.39, 0.29) is 19.2 Å². The van der Waals surface area contributed by atoms with E-state index in [0.717, 1.165) is 24.3 Å². The number of hydrogen-bond acceptors (Lipinski definition) is 6. The van der Waals surface area contributed by atoms with Crippen molar-refractivity contribution in [3.8, 4) is 0 Å². The number of hydrogen-bond donors (Lipinski definition) is 2. The molecule has 29 heavy (non-hydrogen) atoms. The number of methoxy groups -OCH3 is 1. The lowest BCUT2D eigenvalue weighted by Gasteiger charge is -2.21. The van der Waals surface area contributed by atoms with E-state index in [1.165, 1.54) is 77.7 Å². The summed E-state index contributed by atoms with van der Waals surface area (Å²) in [5, 5.41) is 19.7. The van der Waals surface area contributed by atoms with Gasteiger partial charge in [0.15, 0.2) is 0 Å². The maximum Gasteiger partial charge on any atom is 0.305 e. The van der Waals surface area contributed by atoms with Gasteiger partial charge in [0.1, 0.15) is 0 Å². The van der Waals surface area contributed by atoms with Crippen molar-refractivity contribution >= 4 is 29.5 Å². The standard InChI is InChI=1S/C23H46O4S2/c1-3-4-9-12-21(28-19-17-24)15-16-22(29-20-18-25)13-10-7-5-6-8-11-14-23(26)27-2/h21-22,24-25H,3-20H2,1-2H3. The van der Waals surface area contributed by atoms with Crippen LogP contribution in [0, 0.1) is 0 Å². The molecule has 0 spiro atoms. The second kappa shape index (κ2) is 22.8. The van der Waals surface area contributed by atoms with Gasteiger partial charge in [0.2, 0.25) is 0 Å². The molecule has 4 nitrogen and oxygen atoms in total. The summed E-state index contributed by atoms with van der Waals surface area (Å²) in [7, 11) is 1.45. The van der Waals surface area contributed by atoms with Crippen molar-refractivity contribution < 1.29 is 19.7 Å². The number of ether oxygens (including phenoxy) is 1. The number of carbonyl (C=O) groups excluding carboxylic acids is 1. The quantitative estimate of drug-likeness (QED) is 0.160. The molecule has 174 valence electrons. The molecule has 0 radical (unpaired) electrons. The highest BCUT2D eigenvalue weighted by Crippen LogP contribution is 2.28. The molecule has 0 saturated carbocycles. The van der Waals surface area contributed by atoms with Gasteiger partial charge in [-0.3, -0.25) is 4.79 Å². The molecule has 0 amide bonds. The molecule has 2 atom stereocenters. The summed E-state index contributed by atoms with van der Waals surface area (Å²) in [5.41, 5.74) is 0. The number of thioether (sulfide) groups is 2. The van der Waals surface area contributed by atoms with Crippen molar-refractivity contribution in [1.29, 1.82) is 0 Å². The van der Waals surface area contributed by atoms with Gasteiger partial charge >= 0.3 is 5.97 Å². The minimum absolute atomic E-state index is 0.0982. The van der Waals surface area contributed by atoms with Gasteiger partial charge in [-0.05, 0) is 32.1 Å². The van der Waals surface area contributed by atoms with Crippen LogP contribution < -0.4 is 0 Å². The predicted molar refractivity (Wildman–Crippen MR) is 129 cm³/mol. The Morgan fingerprint density at radius 1 is 0.759 bits per heavy atom. The zero-order valence-electron chi connectivity index (χ0n) is 18.9. The summed E-state index contributed by atoms with van der Waals surface area (Å²) in [4.78, 5) is 11.1. The Hall–Kier alpha value is 0.0900. The summed E-state index contributed by atoms with van der Waals surface area (Å²) in [5.74, 6) is 1.59. The van der Waals surface area contributed by atoms with E-state index in [4.69, 9.17) is 5.11 Å². The Labute approximate surface area is 188 Å². The molecular formula is C23H46O4S2. The Balaban J connectivity index is 4.04. The maximum atomic E-state index is 11.1. The van der Waals surface area contributed by atoms with Crippen LogP contribution in [0.3, 0.4) is 0 Å². The van der Waals surface area contributed by atoms with Gasteiger partial charge in [-0.2, -0.15) is 23.5 Å². The van der Waals surface area contributed by atoms with Gasteiger partial charge in [0.05, 0.1) is 20.3 Å². The summed E-state index contributed by atoms with van der Waals surface area (Å²) >= 11 is 3.87. The third-order valence-corrected chi connectivity index (χ3v) is 7.94. The summed E-state index contributed by atoms with van der Waals surface area (Å²) in [6.07, 6.45) is 16.4. The number of aliphatic hydroxyl groups excluding tert-OH is 2. The zero-order chi connectivity index (χ0) is 21.6. The summed E-state index contributed by atoms with van der Waals surface area (Å²) in [6, 6.07) is 0. The SMILES string of the molecule is CCCCCC(CCC(CCCCCCCCC(=O)OC)SCCO)SCCO. The average Bonchev–Trinajstić information content (AvgIpc) is 2.74. The van der Waals surface area contributed by atoms with E-state index in [2.05, 4.69) is 11.7 Å². The number of aliphatic hydroxyl groups is 2. The number of unbranched alkanes of at least 4 members (excludes halogenated alkanes) is 7. The van der Waals surface area contributed by atoms with Crippen LogP contribution in [0.4, 0.5) is 0 Å². The van der Waals surface area contributed by atoms with Gasteiger partial charge in [0, 0.05) is 28.4 Å². The van der Waals surface area contributed by atoms with Crippen molar-refractivity contribution in [2.24, 2.45) is 0 Å². The molecular weight excluding hydrogens is 404 g/mol. The molecule has 0 rings (SSSR count). The molecule has 0 heterocycles. The molecule has 0 aromatic heterocycles. The zero-order valence-corrected chi connectivity index (χ0v) is 20.5. The van der Waals surface area contributed by atoms with Gasteiger partial charge in [-0.15, -0.1) is 0 Å². The lowest BCUT2D eigenvalue weighted by molar-refractivity contribution is -0.140. The van der Waals surface area contributed by atoms with Gasteiger partial charge < -0.3 is 14.9 Å². The molecule has 6 heteroatoms. The third kappa shape index (κ3) is 19.8. The smallest absolute Gasteiger partial charge is 0.305 e. The highest BCUT2D eigenvalue weighted by molar-refractivity contribution is 8.00. The van der Waals surface area contributed by atoms with Crippen molar-refractivity contribution in [2.45, 2.75) is 107 Å². The van der Waals surface area contributed by atoms with Crippen molar-refractivity contribution in [1.82, 2.24) is 0 Å². The first-order valence-corrected chi connectivity index (χ1v) is 13.8. The largest absolute Gasteiger partial charge is 0.469 e. The number of esters is 1. The van der Waals surface area contributed by atoms with Crippen LogP contribution in [0.1, 0.15) is 96.8 Å². The lowest BCUT2D eigenvalue weighted by Crippen LogP contribution is -2.12. The van der Waals surface area contributed by atoms with Crippen molar-refractivity contribution in [2.75, 3.05) is 31.8 Å². The van der Waals surface area contributed by atoms with E-state index in [0.29, 0.717) is 16.9 Å². The minimum Gasteiger partial charge on any atom is -0.469 e. The number of carbonyl (C=O) groups is 1. The Morgan fingerprint density at radius 3 is 1.72 bits per heavy atom. The molecule has 0 bridgehead atoms. The molecule has 2 unspecified atom stereocenters. The molecule has 0 fully saturated rings. The van der Waals surface area contributed by atoms with Crippen molar-refractivity contribution in [3.63, 3.8) is 0 Å².